The maximum absolute atomic E-state index is 12.5. The van der Waals surface area contributed by atoms with E-state index in [1.807, 2.05) is 18.2 Å². The molecule has 3 rings (SSSR count). The highest BCUT2D eigenvalue weighted by molar-refractivity contribution is 14.0. The van der Waals surface area contributed by atoms with Crippen molar-refractivity contribution in [2.24, 2.45) is 4.99 Å². The van der Waals surface area contributed by atoms with E-state index in [-0.39, 0.29) is 42.3 Å². The van der Waals surface area contributed by atoms with Crippen LogP contribution in [0.25, 0.3) is 0 Å². The SMILES string of the molecule is CCOc1cc(CNC(=NC)NCCc2ccc3c(c2)OCO3)ccc1OC(F)F.I. The molecule has 0 spiro atoms. The van der Waals surface area contributed by atoms with Crippen LogP contribution in [0.3, 0.4) is 0 Å². The van der Waals surface area contributed by atoms with Crippen molar-refractivity contribution in [3.05, 3.63) is 47.5 Å². The van der Waals surface area contributed by atoms with Gasteiger partial charge in [-0.1, -0.05) is 12.1 Å². The number of ether oxygens (including phenoxy) is 4. The summed E-state index contributed by atoms with van der Waals surface area (Å²) in [7, 11) is 1.68. The van der Waals surface area contributed by atoms with Gasteiger partial charge in [0.05, 0.1) is 6.61 Å². The van der Waals surface area contributed by atoms with Crippen LogP contribution in [0.2, 0.25) is 0 Å². The van der Waals surface area contributed by atoms with E-state index in [4.69, 9.17) is 14.2 Å². The lowest BCUT2D eigenvalue weighted by Gasteiger charge is -2.15. The minimum atomic E-state index is -2.90. The van der Waals surface area contributed by atoms with E-state index in [0.29, 0.717) is 25.7 Å². The van der Waals surface area contributed by atoms with Crippen LogP contribution in [0.5, 0.6) is 23.0 Å². The van der Waals surface area contributed by atoms with Crippen molar-refractivity contribution in [1.29, 1.82) is 0 Å². The van der Waals surface area contributed by atoms with E-state index in [1.165, 1.54) is 6.07 Å². The minimum absolute atomic E-state index is 0. The molecular weight excluding hydrogens is 523 g/mol. The molecule has 2 N–H and O–H groups in total. The smallest absolute Gasteiger partial charge is 0.387 e. The molecule has 170 valence electrons. The van der Waals surface area contributed by atoms with Crippen molar-refractivity contribution < 1.29 is 27.7 Å². The average Bonchev–Trinajstić information content (AvgIpc) is 3.20. The largest absolute Gasteiger partial charge is 0.490 e. The molecule has 0 radical (unpaired) electrons. The lowest BCUT2D eigenvalue weighted by Crippen LogP contribution is -2.37. The monoisotopic (exact) mass is 549 g/mol. The second-order valence-electron chi connectivity index (χ2n) is 6.38. The van der Waals surface area contributed by atoms with Crippen molar-refractivity contribution in [2.75, 3.05) is 27.0 Å². The maximum atomic E-state index is 12.5. The van der Waals surface area contributed by atoms with Gasteiger partial charge in [0.2, 0.25) is 6.79 Å². The summed E-state index contributed by atoms with van der Waals surface area (Å²) in [6, 6.07) is 10.7. The minimum Gasteiger partial charge on any atom is -0.490 e. The van der Waals surface area contributed by atoms with Gasteiger partial charge in [0.15, 0.2) is 29.0 Å². The topological polar surface area (TPSA) is 73.3 Å². The van der Waals surface area contributed by atoms with Gasteiger partial charge in [-0.15, -0.1) is 24.0 Å². The Kier molecular flexibility index (Phi) is 9.89. The molecule has 0 atom stereocenters. The zero-order valence-electron chi connectivity index (χ0n) is 17.3. The molecule has 31 heavy (non-hydrogen) atoms. The van der Waals surface area contributed by atoms with Crippen molar-refractivity contribution in [2.45, 2.75) is 26.5 Å². The van der Waals surface area contributed by atoms with Crippen molar-refractivity contribution >= 4 is 29.9 Å². The van der Waals surface area contributed by atoms with Gasteiger partial charge in [-0.3, -0.25) is 4.99 Å². The molecule has 2 aromatic carbocycles. The number of hydrogen-bond acceptors (Lipinski definition) is 5. The summed E-state index contributed by atoms with van der Waals surface area (Å²) >= 11 is 0. The number of nitrogens with zero attached hydrogens (tertiary/aromatic N) is 1. The Morgan fingerprint density at radius 2 is 1.84 bits per heavy atom. The first-order chi connectivity index (χ1) is 14.6. The molecule has 0 unspecified atom stereocenters. The predicted octanol–water partition coefficient (Wildman–Crippen LogP) is 3.94. The molecule has 0 fully saturated rings. The summed E-state index contributed by atoms with van der Waals surface area (Å²) < 4.78 is 45.6. The van der Waals surface area contributed by atoms with Crippen LogP contribution in [-0.4, -0.2) is 39.6 Å². The quantitative estimate of drug-likeness (QED) is 0.281. The predicted molar refractivity (Wildman–Crippen MR) is 124 cm³/mol. The Balaban J connectivity index is 0.00000341. The number of hydrogen-bond donors (Lipinski definition) is 2. The van der Waals surface area contributed by atoms with Crippen LogP contribution >= 0.6 is 24.0 Å². The van der Waals surface area contributed by atoms with Crippen LogP contribution in [0, 0.1) is 0 Å². The number of guanidine groups is 1. The first kappa shape index (κ1) is 24.8. The van der Waals surface area contributed by atoms with Gasteiger partial charge in [-0.2, -0.15) is 8.78 Å². The van der Waals surface area contributed by atoms with Gasteiger partial charge in [0, 0.05) is 20.1 Å². The summed E-state index contributed by atoms with van der Waals surface area (Å²) in [5.41, 5.74) is 1.97. The van der Waals surface area contributed by atoms with E-state index in [1.54, 1.807) is 26.1 Å². The normalized spacial score (nSPS) is 12.4. The molecule has 0 amide bonds. The molecule has 0 bridgehead atoms. The summed E-state index contributed by atoms with van der Waals surface area (Å²) in [6.45, 7) is 0.598. The van der Waals surface area contributed by atoms with E-state index in [0.717, 1.165) is 29.0 Å². The van der Waals surface area contributed by atoms with Crippen molar-refractivity contribution in [3.63, 3.8) is 0 Å². The fourth-order valence-corrected chi connectivity index (χ4v) is 2.95. The Bertz CT molecular complexity index is 884. The Morgan fingerprint density at radius 3 is 2.58 bits per heavy atom. The Morgan fingerprint density at radius 1 is 1.06 bits per heavy atom. The number of rotatable bonds is 9. The average molecular weight is 549 g/mol. The maximum Gasteiger partial charge on any atom is 0.387 e. The van der Waals surface area contributed by atoms with E-state index < -0.39 is 6.61 Å². The number of aliphatic imine (C=N–C) groups is 1. The molecule has 2 aromatic rings. The zero-order valence-corrected chi connectivity index (χ0v) is 19.7. The highest BCUT2D eigenvalue weighted by Gasteiger charge is 2.13. The highest BCUT2D eigenvalue weighted by atomic mass is 127. The third kappa shape index (κ3) is 7.30. The summed E-state index contributed by atoms with van der Waals surface area (Å²) in [6.07, 6.45) is 0.783. The number of alkyl halides is 2. The molecule has 1 aliphatic rings. The second-order valence-corrected chi connectivity index (χ2v) is 6.38. The van der Waals surface area contributed by atoms with Gasteiger partial charge in [-0.25, -0.2) is 0 Å². The molecule has 7 nitrogen and oxygen atoms in total. The standard InChI is InChI=1S/C21H25F2N3O4.HI/c1-3-27-19-11-15(5-7-17(19)30-20(22)23)12-26-21(24-2)25-9-8-14-4-6-16-18(10-14)29-13-28-16;/h4-7,10-11,20H,3,8-9,12-13H2,1-2H3,(H2,24,25,26);1H. The van der Waals surface area contributed by atoms with Crippen molar-refractivity contribution in [1.82, 2.24) is 10.6 Å². The van der Waals surface area contributed by atoms with Gasteiger partial charge in [0.25, 0.3) is 0 Å². The highest BCUT2D eigenvalue weighted by Crippen LogP contribution is 2.32. The van der Waals surface area contributed by atoms with Crippen LogP contribution in [0.1, 0.15) is 18.1 Å². The third-order valence-corrected chi connectivity index (χ3v) is 4.35. The number of fused-ring (bicyclic) bond motifs is 1. The molecule has 0 aliphatic carbocycles. The van der Waals surface area contributed by atoms with E-state index in [2.05, 4.69) is 20.4 Å². The van der Waals surface area contributed by atoms with Crippen molar-refractivity contribution in [3.8, 4) is 23.0 Å². The lowest BCUT2D eigenvalue weighted by molar-refractivity contribution is -0.0514. The molecule has 0 aromatic heterocycles. The van der Waals surface area contributed by atoms with E-state index in [9.17, 15) is 8.78 Å². The molecule has 1 aliphatic heterocycles. The van der Waals surface area contributed by atoms with Gasteiger partial charge >= 0.3 is 6.61 Å². The van der Waals surface area contributed by atoms with Gasteiger partial charge < -0.3 is 29.6 Å². The number of nitrogens with one attached hydrogen (secondary N) is 2. The molecule has 0 saturated heterocycles. The Hall–Kier alpha value is -2.50. The van der Waals surface area contributed by atoms with Crippen LogP contribution in [0.4, 0.5) is 8.78 Å². The molecule has 0 saturated carbocycles. The number of benzene rings is 2. The van der Waals surface area contributed by atoms with Crippen LogP contribution in [-0.2, 0) is 13.0 Å². The fourth-order valence-electron chi connectivity index (χ4n) is 2.95. The fraction of sp³-hybridized carbons (Fsp3) is 0.381. The summed E-state index contributed by atoms with van der Waals surface area (Å²) in [5.74, 6) is 2.45. The van der Waals surface area contributed by atoms with Crippen LogP contribution in [0.15, 0.2) is 41.4 Å². The summed E-state index contributed by atoms with van der Waals surface area (Å²) in [5, 5.41) is 6.44. The molecule has 1 heterocycles. The van der Waals surface area contributed by atoms with Gasteiger partial charge in [-0.05, 0) is 48.7 Å². The van der Waals surface area contributed by atoms with Gasteiger partial charge in [0.1, 0.15) is 0 Å². The molecule has 10 heteroatoms. The Labute approximate surface area is 197 Å². The van der Waals surface area contributed by atoms with Crippen LogP contribution < -0.4 is 29.6 Å². The first-order valence-electron chi connectivity index (χ1n) is 9.62. The lowest BCUT2D eigenvalue weighted by atomic mass is 10.1. The first-order valence-corrected chi connectivity index (χ1v) is 9.62. The molecular formula is C21H26F2IN3O4. The number of halogens is 3. The van der Waals surface area contributed by atoms with E-state index >= 15 is 0 Å². The zero-order chi connectivity index (χ0) is 21.3. The second kappa shape index (κ2) is 12.4. The third-order valence-electron chi connectivity index (χ3n) is 4.35. The summed E-state index contributed by atoms with van der Waals surface area (Å²) in [4.78, 5) is 4.20.